The molecule has 3 heteroatoms. The monoisotopic (exact) mass is 279 g/mol. The molecule has 0 amide bonds. The summed E-state index contributed by atoms with van der Waals surface area (Å²) < 4.78 is 5.09. The molecule has 0 spiro atoms. The van der Waals surface area contributed by atoms with Gasteiger partial charge in [-0.3, -0.25) is 0 Å². The third kappa shape index (κ3) is 6.90. The van der Waals surface area contributed by atoms with E-state index in [4.69, 9.17) is 4.74 Å². The number of rotatable bonds is 8. The maximum atomic E-state index is 5.09. The van der Waals surface area contributed by atoms with Crippen LogP contribution in [0.5, 0.6) is 0 Å². The number of aryl methyl sites for hydroxylation is 1. The van der Waals surface area contributed by atoms with Crippen molar-refractivity contribution in [3.63, 3.8) is 0 Å². The predicted octanol–water partition coefficient (Wildman–Crippen LogP) is 3.65. The Bertz CT molecular complexity index is 356. The van der Waals surface area contributed by atoms with Crippen LogP contribution in [0.25, 0.3) is 0 Å². The van der Waals surface area contributed by atoms with Crippen molar-refractivity contribution in [3.05, 3.63) is 35.4 Å². The van der Waals surface area contributed by atoms with Crippen LogP contribution in [0, 0.1) is 6.92 Å². The molecule has 1 N–H and O–H groups in total. The lowest BCUT2D eigenvalue weighted by atomic mass is 10.00. The molecule has 108 valence electrons. The average Bonchev–Trinajstić information content (AvgIpc) is 2.33. The van der Waals surface area contributed by atoms with Crippen LogP contribution in [0.3, 0.4) is 0 Å². The number of ether oxygens (including phenoxy) is 1. The summed E-state index contributed by atoms with van der Waals surface area (Å²) in [5.74, 6) is 0.629. The Morgan fingerprint density at radius 1 is 1.16 bits per heavy atom. The van der Waals surface area contributed by atoms with Crippen LogP contribution in [-0.4, -0.2) is 34.9 Å². The van der Waals surface area contributed by atoms with Gasteiger partial charge in [-0.15, -0.1) is 0 Å². The molecule has 1 aromatic rings. The van der Waals surface area contributed by atoms with E-state index in [-0.39, 0.29) is 0 Å². The maximum Gasteiger partial charge on any atom is 0.0587 e. The molecule has 0 fully saturated rings. The largest absolute Gasteiger partial charge is 0.383 e. The molecule has 19 heavy (non-hydrogen) atoms. The highest BCUT2D eigenvalue weighted by atomic mass is 28.3. The van der Waals surface area contributed by atoms with Gasteiger partial charge in [0.25, 0.3) is 0 Å². The summed E-state index contributed by atoms with van der Waals surface area (Å²) in [7, 11) is 0.695. The fourth-order valence-electron chi connectivity index (χ4n) is 2.34. The fraction of sp³-hybridized carbons (Fsp3) is 0.625. The summed E-state index contributed by atoms with van der Waals surface area (Å²) in [4.78, 5) is 0. The fourth-order valence-corrected chi connectivity index (χ4v) is 4.19. The number of hydrogen-bond donors (Lipinski definition) is 1. The zero-order valence-corrected chi connectivity index (χ0v) is 14.1. The normalized spacial score (nSPS) is 13.5. The van der Waals surface area contributed by atoms with Crippen molar-refractivity contribution >= 4 is 8.07 Å². The van der Waals surface area contributed by atoms with Crippen molar-refractivity contribution < 1.29 is 4.74 Å². The molecule has 2 nitrogen and oxygen atoms in total. The van der Waals surface area contributed by atoms with Crippen molar-refractivity contribution in [2.24, 2.45) is 0 Å². The van der Waals surface area contributed by atoms with E-state index in [0.717, 1.165) is 19.7 Å². The lowest BCUT2D eigenvalue weighted by molar-refractivity contribution is 0.199. The Labute approximate surface area is 119 Å². The summed E-state index contributed by atoms with van der Waals surface area (Å²) >= 11 is 0. The molecular formula is C16H29NOSi. The van der Waals surface area contributed by atoms with Crippen molar-refractivity contribution in [2.75, 3.05) is 26.8 Å². The second-order valence-electron chi connectivity index (χ2n) is 6.57. The first-order valence-corrected chi connectivity index (χ1v) is 10.9. The van der Waals surface area contributed by atoms with E-state index in [1.807, 2.05) is 0 Å². The molecule has 0 bridgehead atoms. The van der Waals surface area contributed by atoms with E-state index < -0.39 is 8.07 Å². The molecule has 0 radical (unpaired) electrons. The number of methoxy groups -OCH3 is 1. The van der Waals surface area contributed by atoms with E-state index in [1.165, 1.54) is 17.2 Å². The van der Waals surface area contributed by atoms with Crippen LogP contribution in [0.4, 0.5) is 0 Å². The van der Waals surface area contributed by atoms with E-state index in [1.54, 1.807) is 7.11 Å². The summed E-state index contributed by atoms with van der Waals surface area (Å²) in [6, 6.07) is 10.4. The van der Waals surface area contributed by atoms with Gasteiger partial charge in [-0.05, 0) is 24.4 Å². The first kappa shape index (κ1) is 16.4. The minimum atomic E-state index is -1.06. The molecule has 1 atom stereocenters. The highest BCUT2D eigenvalue weighted by molar-refractivity contribution is 6.76. The Balaban J connectivity index is 2.65. The second-order valence-corrected chi connectivity index (χ2v) is 12.1. The van der Waals surface area contributed by atoms with Gasteiger partial charge in [0.05, 0.1) is 6.61 Å². The van der Waals surface area contributed by atoms with E-state index in [9.17, 15) is 0 Å². The van der Waals surface area contributed by atoms with Gasteiger partial charge in [0.2, 0.25) is 0 Å². The van der Waals surface area contributed by atoms with Crippen molar-refractivity contribution in [3.8, 4) is 0 Å². The topological polar surface area (TPSA) is 21.3 Å². The lowest BCUT2D eigenvalue weighted by Crippen LogP contribution is -2.30. The van der Waals surface area contributed by atoms with Crippen LogP contribution in [-0.2, 0) is 4.74 Å². The van der Waals surface area contributed by atoms with Crippen LogP contribution in [0.2, 0.25) is 25.7 Å². The highest BCUT2D eigenvalue weighted by Gasteiger charge is 2.21. The number of nitrogens with one attached hydrogen (secondary N) is 1. The van der Waals surface area contributed by atoms with Gasteiger partial charge in [-0.2, -0.15) is 0 Å². The molecule has 1 aromatic carbocycles. The van der Waals surface area contributed by atoms with E-state index in [2.05, 4.69) is 56.1 Å². The Morgan fingerprint density at radius 2 is 1.79 bits per heavy atom. The zero-order valence-electron chi connectivity index (χ0n) is 13.1. The molecule has 0 saturated heterocycles. The lowest BCUT2D eigenvalue weighted by Gasteiger charge is -2.25. The Hall–Kier alpha value is -0.643. The van der Waals surface area contributed by atoms with E-state index >= 15 is 0 Å². The molecule has 0 heterocycles. The molecule has 0 aliphatic heterocycles. The minimum Gasteiger partial charge on any atom is -0.383 e. The van der Waals surface area contributed by atoms with Crippen molar-refractivity contribution in [1.82, 2.24) is 5.32 Å². The summed E-state index contributed by atoms with van der Waals surface area (Å²) in [5.41, 5.74) is 2.81. The van der Waals surface area contributed by atoms with Gasteiger partial charge >= 0.3 is 0 Å². The smallest absolute Gasteiger partial charge is 0.0587 e. The molecule has 0 aromatic heterocycles. The zero-order chi connectivity index (χ0) is 14.3. The third-order valence-corrected chi connectivity index (χ3v) is 5.00. The summed E-state index contributed by atoms with van der Waals surface area (Å²) in [6.07, 6.45) is 0. The average molecular weight is 280 g/mol. The molecule has 1 rings (SSSR count). The number of benzene rings is 1. The number of hydrogen-bond acceptors (Lipinski definition) is 2. The van der Waals surface area contributed by atoms with Crippen molar-refractivity contribution in [1.29, 1.82) is 0 Å². The van der Waals surface area contributed by atoms with Gasteiger partial charge in [0.1, 0.15) is 0 Å². The molecule has 0 saturated carbocycles. The first-order chi connectivity index (χ1) is 8.92. The van der Waals surface area contributed by atoms with Gasteiger partial charge < -0.3 is 10.1 Å². The van der Waals surface area contributed by atoms with Gasteiger partial charge in [-0.25, -0.2) is 0 Å². The van der Waals surface area contributed by atoms with Crippen LogP contribution in [0.15, 0.2) is 24.3 Å². The third-order valence-electron chi connectivity index (χ3n) is 3.28. The predicted molar refractivity (Wildman–Crippen MR) is 86.8 cm³/mol. The maximum absolute atomic E-state index is 5.09. The molecule has 0 aliphatic carbocycles. The Kier molecular flexibility index (Phi) is 6.76. The summed E-state index contributed by atoms with van der Waals surface area (Å²) in [5, 5.41) is 3.52. The van der Waals surface area contributed by atoms with Crippen LogP contribution < -0.4 is 5.32 Å². The van der Waals surface area contributed by atoms with Gasteiger partial charge in [0.15, 0.2) is 0 Å². The molecule has 1 unspecified atom stereocenters. The van der Waals surface area contributed by atoms with Crippen LogP contribution >= 0.6 is 0 Å². The highest BCUT2D eigenvalue weighted by Crippen LogP contribution is 2.26. The van der Waals surface area contributed by atoms with Crippen molar-refractivity contribution in [2.45, 2.75) is 38.5 Å². The van der Waals surface area contributed by atoms with Crippen LogP contribution in [0.1, 0.15) is 17.0 Å². The van der Waals surface area contributed by atoms with Gasteiger partial charge in [-0.1, -0.05) is 49.5 Å². The quantitative estimate of drug-likeness (QED) is 0.579. The first-order valence-electron chi connectivity index (χ1n) is 7.18. The van der Waals surface area contributed by atoms with E-state index in [0.29, 0.717) is 5.92 Å². The SMILES string of the molecule is COCCNCC(C[Si](C)(C)C)c1ccc(C)cc1. The summed E-state index contributed by atoms with van der Waals surface area (Å²) in [6.45, 7) is 12.3. The molecular weight excluding hydrogens is 250 g/mol. The van der Waals surface area contributed by atoms with Gasteiger partial charge in [0, 0.05) is 28.3 Å². The molecule has 0 aliphatic rings. The minimum absolute atomic E-state index is 0.629. The Morgan fingerprint density at radius 3 is 2.32 bits per heavy atom. The second kappa shape index (κ2) is 7.83. The standard InChI is InChI=1S/C16H29NOSi/c1-14-6-8-15(9-7-14)16(13-19(3,4)5)12-17-10-11-18-2/h6-9,16-17H,10-13H2,1-5H3.